The molecule has 1 fully saturated rings. The Morgan fingerprint density at radius 1 is 0.871 bits per heavy atom. The maximum Gasteiger partial charge on any atom is 0.239 e. The van der Waals surface area contributed by atoms with Crippen LogP contribution >= 0.6 is 0 Å². The lowest BCUT2D eigenvalue weighted by Gasteiger charge is -2.52. The monoisotopic (exact) mass is 412 g/mol. The fourth-order valence-corrected chi connectivity index (χ4v) is 6.24. The summed E-state index contributed by atoms with van der Waals surface area (Å²) in [4.78, 5) is 28.8. The zero-order chi connectivity index (χ0) is 21.5. The molecule has 31 heavy (non-hydrogen) atoms. The second-order valence-corrected chi connectivity index (χ2v) is 8.69. The minimum atomic E-state index is -1.16. The average molecular weight is 412 g/mol. The van der Waals surface area contributed by atoms with Crippen molar-refractivity contribution in [1.82, 2.24) is 0 Å². The molecule has 3 atom stereocenters. The van der Waals surface area contributed by atoms with Crippen molar-refractivity contribution in [3.8, 4) is 0 Å². The molecule has 1 saturated heterocycles. The number of hydrogen-bond acceptors (Lipinski definition) is 4. The predicted molar refractivity (Wildman–Crippen MR) is 113 cm³/mol. The molecule has 3 aromatic rings. The van der Waals surface area contributed by atoms with E-state index >= 15 is 0 Å². The first kappa shape index (κ1) is 18.4. The number of quaternary nitrogens is 1. The molecular weight excluding hydrogens is 392 g/mol. The van der Waals surface area contributed by atoms with Crippen molar-refractivity contribution in [2.45, 2.75) is 18.3 Å². The summed E-state index contributed by atoms with van der Waals surface area (Å²) in [6.07, 6.45) is 0. The molecule has 3 aliphatic carbocycles. The Kier molecular flexibility index (Phi) is 3.63. The number of anilines is 1. The van der Waals surface area contributed by atoms with Gasteiger partial charge in [0.25, 0.3) is 0 Å². The lowest BCUT2D eigenvalue weighted by Crippen LogP contribution is -2.99. The fourth-order valence-electron chi connectivity index (χ4n) is 6.24. The molecule has 7 rings (SSSR count). The summed E-state index contributed by atoms with van der Waals surface area (Å²) < 4.78 is 0. The molecule has 6 heteroatoms. The summed E-state index contributed by atoms with van der Waals surface area (Å²) in [7, 11) is 0. The maximum atomic E-state index is 13.9. The molecule has 0 aromatic heterocycles. The molecule has 1 heterocycles. The number of benzene rings is 3. The van der Waals surface area contributed by atoms with Crippen LogP contribution in [-0.4, -0.2) is 17.0 Å². The van der Waals surface area contributed by atoms with Crippen molar-refractivity contribution in [1.29, 1.82) is 0 Å². The van der Waals surface area contributed by atoms with Gasteiger partial charge in [-0.1, -0.05) is 67.6 Å². The molecule has 2 amide bonds. The van der Waals surface area contributed by atoms with E-state index in [1.54, 1.807) is 18.2 Å². The third-order valence-corrected chi connectivity index (χ3v) is 7.42. The summed E-state index contributed by atoms with van der Waals surface area (Å²) in [6.45, 7) is 2.05. The second-order valence-electron chi connectivity index (χ2n) is 8.69. The van der Waals surface area contributed by atoms with Gasteiger partial charge in [0.2, 0.25) is 11.8 Å². The van der Waals surface area contributed by atoms with Gasteiger partial charge in [0, 0.05) is 17.4 Å². The third kappa shape index (κ3) is 2.11. The van der Waals surface area contributed by atoms with Crippen molar-refractivity contribution >= 4 is 23.2 Å². The Hall–Kier alpha value is -3.32. The number of para-hydroxylation sites is 2. The molecule has 0 radical (unpaired) electrons. The van der Waals surface area contributed by atoms with E-state index in [1.165, 1.54) is 6.07 Å². The number of imide groups is 1. The quantitative estimate of drug-likeness (QED) is 0.501. The zero-order valence-electron chi connectivity index (χ0n) is 16.8. The van der Waals surface area contributed by atoms with Crippen LogP contribution in [0, 0.1) is 17.0 Å². The fraction of sp³-hybridized carbons (Fsp3) is 0.200. The Bertz CT molecular complexity index is 1220. The Morgan fingerprint density at radius 2 is 1.42 bits per heavy atom. The third-order valence-electron chi connectivity index (χ3n) is 7.42. The van der Waals surface area contributed by atoms with Crippen molar-refractivity contribution in [2.75, 3.05) is 4.90 Å². The van der Waals surface area contributed by atoms with Crippen LogP contribution in [0.25, 0.3) is 0 Å². The topological polar surface area (TPSA) is 85.1 Å². The normalized spacial score (nSPS) is 28.9. The molecule has 2 bridgehead atoms. The lowest BCUT2D eigenvalue weighted by molar-refractivity contribution is -0.990. The number of rotatable bonds is 2. The van der Waals surface area contributed by atoms with E-state index in [4.69, 9.17) is 0 Å². The molecule has 6 nitrogen and oxygen atoms in total. The molecule has 3 aromatic carbocycles. The van der Waals surface area contributed by atoms with E-state index in [0.717, 1.165) is 27.2 Å². The lowest BCUT2D eigenvalue weighted by atomic mass is 9.48. The molecule has 154 valence electrons. The summed E-state index contributed by atoms with van der Waals surface area (Å²) in [6, 6.07) is 22.3. The van der Waals surface area contributed by atoms with Crippen LogP contribution in [0.1, 0.15) is 35.1 Å². The highest BCUT2D eigenvalue weighted by Crippen LogP contribution is 2.64. The molecule has 4 aliphatic rings. The first-order valence-corrected chi connectivity index (χ1v) is 10.3. The largest absolute Gasteiger partial charge is 0.595 e. The zero-order valence-corrected chi connectivity index (χ0v) is 16.8. The van der Waals surface area contributed by atoms with E-state index < -0.39 is 22.5 Å². The SMILES string of the molecule is CC12c3ccccc3C(c3ccccc31)[C@@H]1C(=O)N(c3ccccc3[NH+]([O-])O)C(=O)[C@@H]12. The van der Waals surface area contributed by atoms with E-state index in [-0.39, 0.29) is 29.1 Å². The van der Waals surface area contributed by atoms with Gasteiger partial charge in [-0.15, -0.1) is 0 Å². The summed E-state index contributed by atoms with van der Waals surface area (Å²) >= 11 is 0. The van der Waals surface area contributed by atoms with Gasteiger partial charge in [0.1, 0.15) is 5.69 Å². The van der Waals surface area contributed by atoms with Gasteiger partial charge in [0.15, 0.2) is 5.69 Å². The van der Waals surface area contributed by atoms with E-state index in [1.807, 2.05) is 24.3 Å². The van der Waals surface area contributed by atoms with Crippen LogP contribution in [0.2, 0.25) is 0 Å². The highest BCUT2D eigenvalue weighted by Gasteiger charge is 2.66. The summed E-state index contributed by atoms with van der Waals surface area (Å²) in [5.74, 6) is -1.98. The van der Waals surface area contributed by atoms with E-state index in [0.29, 0.717) is 0 Å². The predicted octanol–water partition coefficient (Wildman–Crippen LogP) is 2.66. The smallest absolute Gasteiger partial charge is 0.239 e. The second kappa shape index (κ2) is 6.11. The number of amides is 2. The molecule has 0 saturated carbocycles. The Morgan fingerprint density at radius 3 is 2.03 bits per heavy atom. The summed E-state index contributed by atoms with van der Waals surface area (Å²) in [5, 5.41) is 20.3. The van der Waals surface area contributed by atoms with Gasteiger partial charge in [0.05, 0.1) is 11.8 Å². The number of carbonyl (C=O) groups is 2. The van der Waals surface area contributed by atoms with Crippen LogP contribution in [0.3, 0.4) is 0 Å². The first-order valence-electron chi connectivity index (χ1n) is 10.3. The standard InChI is InChI=1S/C25H20N2O4/c1-25-16-10-4-2-8-14(16)20(15-9-3-5-11-17(15)25)21-22(25)24(29)26(23(21)28)18-12-6-7-13-19(18)27(30)31/h2-13,20-22,27,30H,1H3/t20?,21-,22+,25?/m0/s1. The first-order chi connectivity index (χ1) is 15.0. The van der Waals surface area contributed by atoms with Gasteiger partial charge in [-0.25, -0.2) is 10.1 Å². The average Bonchev–Trinajstić information content (AvgIpc) is 3.05. The van der Waals surface area contributed by atoms with Gasteiger partial charge in [-0.05, 0) is 28.3 Å². The van der Waals surface area contributed by atoms with Crippen molar-refractivity contribution in [2.24, 2.45) is 11.8 Å². The van der Waals surface area contributed by atoms with Crippen LogP contribution in [0.5, 0.6) is 0 Å². The number of nitrogens with zero attached hydrogens (tertiary/aromatic N) is 1. The number of carbonyl (C=O) groups excluding carboxylic acids is 2. The van der Waals surface area contributed by atoms with Crippen LogP contribution in [0.4, 0.5) is 11.4 Å². The van der Waals surface area contributed by atoms with Crippen molar-refractivity contribution in [3.05, 3.63) is 100 Å². The van der Waals surface area contributed by atoms with Gasteiger partial charge < -0.3 is 5.21 Å². The maximum absolute atomic E-state index is 13.9. The molecule has 1 unspecified atom stereocenters. The minimum absolute atomic E-state index is 0.0459. The van der Waals surface area contributed by atoms with Crippen molar-refractivity contribution < 1.29 is 20.0 Å². The molecule has 0 spiro atoms. The minimum Gasteiger partial charge on any atom is -0.595 e. The summed E-state index contributed by atoms with van der Waals surface area (Å²) in [5.41, 5.74) is 3.76. The van der Waals surface area contributed by atoms with Gasteiger partial charge in [-0.2, -0.15) is 5.23 Å². The molecule has 2 N–H and O–H groups in total. The Balaban J connectivity index is 1.61. The van der Waals surface area contributed by atoms with Crippen LogP contribution in [0.15, 0.2) is 72.8 Å². The van der Waals surface area contributed by atoms with E-state index in [9.17, 15) is 20.0 Å². The molecule has 1 aliphatic heterocycles. The van der Waals surface area contributed by atoms with Crippen LogP contribution < -0.4 is 10.1 Å². The van der Waals surface area contributed by atoms with Crippen molar-refractivity contribution in [3.63, 3.8) is 0 Å². The molecular formula is C25H20N2O4. The van der Waals surface area contributed by atoms with Crippen LogP contribution in [-0.2, 0) is 15.0 Å². The van der Waals surface area contributed by atoms with E-state index in [2.05, 4.69) is 31.2 Å². The number of hydrogen-bond donors (Lipinski definition) is 2. The highest BCUT2D eigenvalue weighted by molar-refractivity contribution is 6.24. The van der Waals surface area contributed by atoms with Gasteiger partial charge >= 0.3 is 0 Å². The highest BCUT2D eigenvalue weighted by atomic mass is 16.8. The number of nitrogens with one attached hydrogen (secondary N) is 1. The van der Waals surface area contributed by atoms with Gasteiger partial charge in [-0.3, -0.25) is 9.59 Å². The Labute approximate surface area is 178 Å².